The van der Waals surface area contributed by atoms with E-state index in [1.807, 2.05) is 25.1 Å². The number of carbonyl (C=O) groups is 1. The lowest BCUT2D eigenvalue weighted by molar-refractivity contribution is 0.0768. The Balaban J connectivity index is 2.23. The molecule has 1 heterocycles. The molecule has 1 aromatic rings. The second kappa shape index (κ2) is 5.08. The number of carbonyl (C=O) groups excluding carboxylic acids is 1. The lowest BCUT2D eigenvalue weighted by Gasteiger charge is -2.23. The first kappa shape index (κ1) is 12.4. The van der Waals surface area contributed by atoms with Crippen LogP contribution < -0.4 is 5.73 Å². The summed E-state index contributed by atoms with van der Waals surface area (Å²) in [5, 5.41) is 11.7. The van der Waals surface area contributed by atoms with Gasteiger partial charge in [0, 0.05) is 12.1 Å². The Bertz CT molecular complexity index is 485. The van der Waals surface area contributed by atoms with Gasteiger partial charge in [-0.3, -0.25) is 4.79 Å². The van der Waals surface area contributed by atoms with Gasteiger partial charge in [0.05, 0.1) is 6.04 Å². The van der Waals surface area contributed by atoms with Gasteiger partial charge in [-0.15, -0.1) is 0 Å². The van der Waals surface area contributed by atoms with Crippen LogP contribution in [-0.4, -0.2) is 34.4 Å². The van der Waals surface area contributed by atoms with Gasteiger partial charge >= 0.3 is 0 Å². The van der Waals surface area contributed by atoms with Crippen molar-refractivity contribution >= 4 is 11.7 Å². The average Bonchev–Trinajstić information content (AvgIpc) is 2.86. The molecule has 18 heavy (non-hydrogen) atoms. The van der Waals surface area contributed by atoms with Gasteiger partial charge < -0.3 is 15.8 Å². The molecule has 1 fully saturated rings. The van der Waals surface area contributed by atoms with Gasteiger partial charge in [0.15, 0.2) is 5.84 Å². The highest BCUT2D eigenvalue weighted by atomic mass is 16.4. The van der Waals surface area contributed by atoms with E-state index in [2.05, 4.69) is 5.16 Å². The van der Waals surface area contributed by atoms with E-state index in [1.54, 1.807) is 11.0 Å². The van der Waals surface area contributed by atoms with E-state index in [1.165, 1.54) is 0 Å². The Morgan fingerprint density at radius 3 is 3.00 bits per heavy atom. The molecule has 1 atom stereocenters. The zero-order valence-electron chi connectivity index (χ0n) is 10.3. The summed E-state index contributed by atoms with van der Waals surface area (Å²) in [4.78, 5) is 14.0. The highest BCUT2D eigenvalue weighted by molar-refractivity contribution is 5.98. The van der Waals surface area contributed by atoms with Gasteiger partial charge in [0.2, 0.25) is 0 Å². The lowest BCUT2D eigenvalue weighted by Crippen LogP contribution is -2.43. The molecule has 96 valence electrons. The van der Waals surface area contributed by atoms with Gasteiger partial charge in [-0.05, 0) is 31.9 Å². The first-order valence-corrected chi connectivity index (χ1v) is 5.98. The highest BCUT2D eigenvalue weighted by Crippen LogP contribution is 2.20. The maximum atomic E-state index is 12.4. The molecule has 0 bridgehead atoms. The van der Waals surface area contributed by atoms with Crippen LogP contribution in [0.3, 0.4) is 0 Å². The van der Waals surface area contributed by atoms with Gasteiger partial charge in [-0.25, -0.2) is 0 Å². The number of nitrogens with zero attached hydrogens (tertiary/aromatic N) is 2. The van der Waals surface area contributed by atoms with Crippen LogP contribution in [0.2, 0.25) is 0 Å². The Labute approximate surface area is 106 Å². The van der Waals surface area contributed by atoms with E-state index in [-0.39, 0.29) is 17.8 Å². The Morgan fingerprint density at radius 1 is 1.56 bits per heavy atom. The number of amides is 1. The van der Waals surface area contributed by atoms with Crippen molar-refractivity contribution in [2.45, 2.75) is 25.8 Å². The van der Waals surface area contributed by atoms with Crippen LogP contribution in [0, 0.1) is 6.92 Å². The summed E-state index contributed by atoms with van der Waals surface area (Å²) in [6.07, 6.45) is 1.62. The standard InChI is InChI=1S/C13H17N3O2/c1-9-4-2-5-10(8-9)13(17)16-7-3-6-11(16)12(14)15-18/h2,4-5,8,11,18H,3,6-7H2,1H3,(H2,14,15). The summed E-state index contributed by atoms with van der Waals surface area (Å²) in [6.45, 7) is 2.59. The highest BCUT2D eigenvalue weighted by Gasteiger charge is 2.32. The van der Waals surface area contributed by atoms with Crippen LogP contribution in [0.1, 0.15) is 28.8 Å². The summed E-state index contributed by atoms with van der Waals surface area (Å²) in [5.74, 6) is 0.0429. The van der Waals surface area contributed by atoms with Crippen LogP contribution in [0.4, 0.5) is 0 Å². The summed E-state index contributed by atoms with van der Waals surface area (Å²) in [6, 6.07) is 7.16. The fourth-order valence-corrected chi connectivity index (χ4v) is 2.33. The third kappa shape index (κ3) is 2.30. The topological polar surface area (TPSA) is 78.9 Å². The van der Waals surface area contributed by atoms with Crippen LogP contribution >= 0.6 is 0 Å². The monoisotopic (exact) mass is 247 g/mol. The zero-order valence-corrected chi connectivity index (χ0v) is 10.3. The smallest absolute Gasteiger partial charge is 0.254 e. The minimum atomic E-state index is -0.289. The van der Waals surface area contributed by atoms with Crippen molar-refractivity contribution in [2.75, 3.05) is 6.54 Å². The minimum absolute atomic E-state index is 0.0622. The molecule has 1 amide bonds. The van der Waals surface area contributed by atoms with E-state index in [0.29, 0.717) is 12.1 Å². The fourth-order valence-electron chi connectivity index (χ4n) is 2.33. The molecule has 0 aliphatic carbocycles. The van der Waals surface area contributed by atoms with Crippen LogP contribution in [0.25, 0.3) is 0 Å². The molecule has 5 nitrogen and oxygen atoms in total. The molecule has 2 rings (SSSR count). The van der Waals surface area contributed by atoms with Crippen molar-refractivity contribution in [1.82, 2.24) is 4.90 Å². The van der Waals surface area contributed by atoms with Gasteiger partial charge in [0.1, 0.15) is 0 Å². The van der Waals surface area contributed by atoms with E-state index in [9.17, 15) is 4.79 Å². The van der Waals surface area contributed by atoms with Crippen molar-refractivity contribution < 1.29 is 10.0 Å². The van der Waals surface area contributed by atoms with Gasteiger partial charge in [-0.1, -0.05) is 22.9 Å². The molecule has 1 aromatic carbocycles. The molecule has 0 radical (unpaired) electrons. The molecule has 1 aliphatic rings. The van der Waals surface area contributed by atoms with Crippen LogP contribution in [-0.2, 0) is 0 Å². The number of aryl methyl sites for hydroxylation is 1. The van der Waals surface area contributed by atoms with Crippen molar-refractivity contribution in [2.24, 2.45) is 10.9 Å². The number of benzene rings is 1. The summed E-state index contributed by atoms with van der Waals surface area (Å²) < 4.78 is 0. The van der Waals surface area contributed by atoms with Crippen LogP contribution in [0.5, 0.6) is 0 Å². The van der Waals surface area contributed by atoms with Gasteiger partial charge in [-0.2, -0.15) is 0 Å². The second-order valence-electron chi connectivity index (χ2n) is 4.55. The van der Waals surface area contributed by atoms with Crippen molar-refractivity contribution in [3.8, 4) is 0 Å². The predicted octanol–water partition coefficient (Wildman–Crippen LogP) is 1.35. The molecular formula is C13H17N3O2. The molecule has 1 unspecified atom stereocenters. The molecule has 1 saturated heterocycles. The number of likely N-dealkylation sites (tertiary alicyclic amines) is 1. The quantitative estimate of drug-likeness (QED) is 0.358. The number of rotatable bonds is 2. The first-order chi connectivity index (χ1) is 8.63. The van der Waals surface area contributed by atoms with E-state index >= 15 is 0 Å². The average molecular weight is 247 g/mol. The number of oxime groups is 1. The molecule has 0 spiro atoms. The third-order valence-electron chi connectivity index (χ3n) is 3.24. The van der Waals surface area contributed by atoms with Crippen molar-refractivity contribution in [3.05, 3.63) is 35.4 Å². The van der Waals surface area contributed by atoms with Crippen molar-refractivity contribution in [3.63, 3.8) is 0 Å². The maximum Gasteiger partial charge on any atom is 0.254 e. The lowest BCUT2D eigenvalue weighted by atomic mass is 10.1. The number of hydrogen-bond acceptors (Lipinski definition) is 3. The molecule has 5 heteroatoms. The van der Waals surface area contributed by atoms with E-state index in [0.717, 1.165) is 18.4 Å². The summed E-state index contributed by atoms with van der Waals surface area (Å²) >= 11 is 0. The van der Waals surface area contributed by atoms with Crippen molar-refractivity contribution in [1.29, 1.82) is 0 Å². The fraction of sp³-hybridized carbons (Fsp3) is 0.385. The third-order valence-corrected chi connectivity index (χ3v) is 3.24. The second-order valence-corrected chi connectivity index (χ2v) is 4.55. The predicted molar refractivity (Wildman–Crippen MR) is 68.6 cm³/mol. The zero-order chi connectivity index (χ0) is 13.1. The molecule has 1 aliphatic heterocycles. The molecular weight excluding hydrogens is 230 g/mol. The van der Waals surface area contributed by atoms with Gasteiger partial charge in [0.25, 0.3) is 5.91 Å². The Kier molecular flexibility index (Phi) is 3.50. The van der Waals surface area contributed by atoms with Crippen LogP contribution in [0.15, 0.2) is 29.4 Å². The first-order valence-electron chi connectivity index (χ1n) is 5.98. The summed E-state index contributed by atoms with van der Waals surface area (Å²) in [7, 11) is 0. The largest absolute Gasteiger partial charge is 0.409 e. The number of hydrogen-bond donors (Lipinski definition) is 2. The number of amidine groups is 1. The minimum Gasteiger partial charge on any atom is -0.409 e. The summed E-state index contributed by atoms with van der Waals surface area (Å²) in [5.41, 5.74) is 7.31. The number of nitrogens with two attached hydrogens (primary N) is 1. The molecule has 0 aromatic heterocycles. The van der Waals surface area contributed by atoms with E-state index < -0.39 is 0 Å². The SMILES string of the molecule is Cc1cccc(C(=O)N2CCCC2C(N)=NO)c1. The Morgan fingerprint density at radius 2 is 2.33 bits per heavy atom. The Hall–Kier alpha value is -2.04. The normalized spacial score (nSPS) is 20.2. The molecule has 3 N–H and O–H groups in total. The maximum absolute atomic E-state index is 12.4. The van der Waals surface area contributed by atoms with E-state index in [4.69, 9.17) is 10.9 Å². The molecule has 0 saturated carbocycles.